The second-order valence-electron chi connectivity index (χ2n) is 7.16. The second kappa shape index (κ2) is 6.39. The first kappa shape index (κ1) is 15.5. The minimum absolute atomic E-state index is 0.122. The molecule has 0 aromatic rings. The second-order valence-corrected chi connectivity index (χ2v) is 7.16. The summed E-state index contributed by atoms with van der Waals surface area (Å²) < 4.78 is 0. The molecule has 1 aliphatic carbocycles. The Morgan fingerprint density at radius 2 is 1.86 bits per heavy atom. The van der Waals surface area contributed by atoms with Gasteiger partial charge in [-0.15, -0.1) is 0 Å². The van der Waals surface area contributed by atoms with Crippen LogP contribution in [0.15, 0.2) is 0 Å². The largest absolute Gasteiger partial charge is 0.339 e. The van der Waals surface area contributed by atoms with Gasteiger partial charge in [-0.2, -0.15) is 0 Å². The Balaban J connectivity index is 1.57. The van der Waals surface area contributed by atoms with E-state index in [1.165, 1.54) is 24.2 Å². The minimum Gasteiger partial charge on any atom is -0.339 e. The summed E-state index contributed by atoms with van der Waals surface area (Å²) in [6.45, 7) is 3.42. The summed E-state index contributed by atoms with van der Waals surface area (Å²) in [6, 6.07) is 0.391. The van der Waals surface area contributed by atoms with Gasteiger partial charge in [-0.1, -0.05) is 6.92 Å². The van der Waals surface area contributed by atoms with Crippen LogP contribution in [0.5, 0.6) is 0 Å². The summed E-state index contributed by atoms with van der Waals surface area (Å²) in [7, 11) is 0. The van der Waals surface area contributed by atoms with Crippen molar-refractivity contribution in [3.63, 3.8) is 0 Å². The lowest BCUT2D eigenvalue weighted by Crippen LogP contribution is -2.51. The van der Waals surface area contributed by atoms with Gasteiger partial charge in [0.1, 0.15) is 0 Å². The van der Waals surface area contributed by atoms with Crippen molar-refractivity contribution in [2.24, 2.45) is 11.8 Å². The molecule has 0 aromatic heterocycles. The smallest absolute Gasteiger partial charge is 0.229 e. The van der Waals surface area contributed by atoms with Crippen LogP contribution >= 0.6 is 0 Å². The fourth-order valence-electron chi connectivity index (χ4n) is 4.43. The summed E-state index contributed by atoms with van der Waals surface area (Å²) in [6.07, 6.45) is 6.77. The van der Waals surface area contributed by atoms with E-state index < -0.39 is 0 Å². The van der Waals surface area contributed by atoms with Gasteiger partial charge >= 0.3 is 0 Å². The number of nitrogens with zero attached hydrogens (tertiary/aromatic N) is 2. The first-order valence-electron chi connectivity index (χ1n) is 8.69. The first-order valence-corrected chi connectivity index (χ1v) is 8.69. The fraction of sp³-hybridized carbons (Fsp3) is 0.824. The highest BCUT2D eigenvalue weighted by Crippen LogP contribution is 2.38. The van der Waals surface area contributed by atoms with Crippen LogP contribution in [0.4, 0.5) is 0 Å². The van der Waals surface area contributed by atoms with E-state index in [9.17, 15) is 14.4 Å². The highest BCUT2D eigenvalue weighted by molar-refractivity contribution is 6.02. The molecular formula is C17H26N2O3. The van der Waals surface area contributed by atoms with Crippen molar-refractivity contribution < 1.29 is 14.4 Å². The monoisotopic (exact) mass is 306 g/mol. The van der Waals surface area contributed by atoms with Crippen molar-refractivity contribution in [1.82, 2.24) is 9.80 Å². The highest BCUT2D eigenvalue weighted by atomic mass is 16.2. The summed E-state index contributed by atoms with van der Waals surface area (Å²) in [5.41, 5.74) is 0. The maximum atomic E-state index is 12.6. The van der Waals surface area contributed by atoms with Gasteiger partial charge in [0.15, 0.2) is 0 Å². The van der Waals surface area contributed by atoms with Crippen molar-refractivity contribution >= 4 is 17.7 Å². The average Bonchev–Trinajstić information content (AvgIpc) is 2.82. The predicted octanol–water partition coefficient (Wildman–Crippen LogP) is 1.95. The van der Waals surface area contributed by atoms with Crippen LogP contribution in [-0.4, -0.2) is 46.7 Å². The normalized spacial score (nSPS) is 32.3. The molecule has 3 aliphatic rings. The molecule has 0 bridgehead atoms. The van der Waals surface area contributed by atoms with E-state index >= 15 is 0 Å². The molecule has 5 nitrogen and oxygen atoms in total. The molecule has 1 saturated carbocycles. The number of fused-ring (bicyclic) bond motifs is 1. The van der Waals surface area contributed by atoms with Crippen LogP contribution in [0, 0.1) is 11.8 Å². The van der Waals surface area contributed by atoms with Gasteiger partial charge in [0, 0.05) is 38.4 Å². The Hall–Kier alpha value is -1.39. The number of carbonyl (C=O) groups excluding carboxylic acids is 3. The van der Waals surface area contributed by atoms with Gasteiger partial charge in [-0.05, 0) is 43.9 Å². The zero-order valence-electron chi connectivity index (χ0n) is 13.4. The number of imide groups is 1. The SMILES string of the molecule is C[C@@H]1CC[C@@H]2[C@H](CCCN2C(=O)CCN2C(=O)CCC2=O)C1. The summed E-state index contributed by atoms with van der Waals surface area (Å²) >= 11 is 0. The summed E-state index contributed by atoms with van der Waals surface area (Å²) in [4.78, 5) is 39.1. The molecule has 122 valence electrons. The van der Waals surface area contributed by atoms with E-state index in [2.05, 4.69) is 6.92 Å². The van der Waals surface area contributed by atoms with Gasteiger partial charge in [-0.25, -0.2) is 0 Å². The van der Waals surface area contributed by atoms with Gasteiger partial charge in [0.2, 0.25) is 17.7 Å². The third-order valence-corrected chi connectivity index (χ3v) is 5.60. The van der Waals surface area contributed by atoms with Crippen molar-refractivity contribution in [2.45, 2.75) is 64.3 Å². The topological polar surface area (TPSA) is 57.7 Å². The Morgan fingerprint density at radius 3 is 2.59 bits per heavy atom. The third kappa shape index (κ3) is 3.03. The molecule has 2 aliphatic heterocycles. The molecule has 3 rings (SSSR count). The number of hydrogen-bond acceptors (Lipinski definition) is 3. The van der Waals surface area contributed by atoms with Gasteiger partial charge in [0.25, 0.3) is 0 Å². The fourth-order valence-corrected chi connectivity index (χ4v) is 4.43. The van der Waals surface area contributed by atoms with Gasteiger partial charge < -0.3 is 4.90 Å². The molecule has 3 fully saturated rings. The number of piperidine rings is 1. The quantitative estimate of drug-likeness (QED) is 0.749. The molecule has 0 N–H and O–H groups in total. The van der Waals surface area contributed by atoms with Crippen molar-refractivity contribution in [3.8, 4) is 0 Å². The van der Waals surface area contributed by atoms with Crippen molar-refractivity contribution in [3.05, 3.63) is 0 Å². The van der Waals surface area contributed by atoms with E-state index in [-0.39, 0.29) is 30.7 Å². The van der Waals surface area contributed by atoms with Crippen LogP contribution in [0.2, 0.25) is 0 Å². The number of rotatable bonds is 3. The van der Waals surface area contributed by atoms with E-state index in [1.807, 2.05) is 4.90 Å². The number of amides is 3. The summed E-state index contributed by atoms with van der Waals surface area (Å²) in [5, 5.41) is 0. The van der Waals surface area contributed by atoms with Crippen molar-refractivity contribution in [1.29, 1.82) is 0 Å². The molecule has 3 amide bonds. The number of carbonyl (C=O) groups is 3. The van der Waals surface area contributed by atoms with Gasteiger partial charge in [-0.3, -0.25) is 19.3 Å². The highest BCUT2D eigenvalue weighted by Gasteiger charge is 2.38. The molecule has 0 unspecified atom stereocenters. The van der Waals surface area contributed by atoms with E-state index in [0.717, 1.165) is 25.3 Å². The molecule has 0 spiro atoms. The number of hydrogen-bond donors (Lipinski definition) is 0. The maximum Gasteiger partial charge on any atom is 0.229 e. The van der Waals surface area contributed by atoms with Crippen LogP contribution in [0.3, 0.4) is 0 Å². The lowest BCUT2D eigenvalue weighted by Gasteiger charge is -2.46. The number of likely N-dealkylation sites (tertiary alicyclic amines) is 2. The summed E-state index contributed by atoms with van der Waals surface area (Å²) in [5.74, 6) is 1.30. The Morgan fingerprint density at radius 1 is 1.14 bits per heavy atom. The maximum absolute atomic E-state index is 12.6. The van der Waals surface area contributed by atoms with Crippen LogP contribution in [-0.2, 0) is 14.4 Å². The van der Waals surface area contributed by atoms with Crippen LogP contribution in [0.25, 0.3) is 0 Å². The molecule has 0 radical (unpaired) electrons. The Labute approximate surface area is 132 Å². The molecule has 0 aromatic carbocycles. The van der Waals surface area contributed by atoms with E-state index in [0.29, 0.717) is 24.8 Å². The lowest BCUT2D eigenvalue weighted by atomic mass is 9.74. The Bertz CT molecular complexity index is 461. The van der Waals surface area contributed by atoms with Crippen LogP contribution < -0.4 is 0 Å². The Kier molecular flexibility index (Phi) is 4.50. The first-order chi connectivity index (χ1) is 10.6. The van der Waals surface area contributed by atoms with Crippen LogP contribution in [0.1, 0.15) is 58.3 Å². The average molecular weight is 306 g/mol. The van der Waals surface area contributed by atoms with E-state index in [4.69, 9.17) is 0 Å². The van der Waals surface area contributed by atoms with Gasteiger partial charge in [0.05, 0.1) is 0 Å². The standard InChI is InChI=1S/C17H26N2O3/c1-12-4-5-14-13(11-12)3-2-9-18(14)17(22)8-10-19-15(20)6-7-16(19)21/h12-14H,2-11H2,1H3/t12-,13-,14-/m1/s1. The molecule has 5 heteroatoms. The lowest BCUT2D eigenvalue weighted by molar-refractivity contribution is -0.141. The van der Waals surface area contributed by atoms with Crippen molar-refractivity contribution in [2.75, 3.05) is 13.1 Å². The molecule has 2 saturated heterocycles. The molecule has 2 heterocycles. The zero-order valence-corrected chi connectivity index (χ0v) is 13.4. The van der Waals surface area contributed by atoms with E-state index in [1.54, 1.807) is 0 Å². The molecule has 3 atom stereocenters. The third-order valence-electron chi connectivity index (χ3n) is 5.60. The molecule has 22 heavy (non-hydrogen) atoms. The zero-order chi connectivity index (χ0) is 15.7. The predicted molar refractivity (Wildman–Crippen MR) is 81.8 cm³/mol. The molecular weight excluding hydrogens is 280 g/mol. The minimum atomic E-state index is -0.124.